The molecule has 0 aromatic heterocycles. The van der Waals surface area contributed by atoms with Gasteiger partial charge in [0.05, 0.1) is 6.61 Å². The van der Waals surface area contributed by atoms with Gasteiger partial charge in [-0.2, -0.15) is 0 Å². The maximum atomic E-state index is 12.1. The van der Waals surface area contributed by atoms with E-state index in [-0.39, 0.29) is 5.91 Å². The number of hydrogen-bond acceptors (Lipinski definition) is 4. The van der Waals surface area contributed by atoms with Gasteiger partial charge in [-0.25, -0.2) is 0 Å². The summed E-state index contributed by atoms with van der Waals surface area (Å²) in [6.45, 7) is 5.44. The molecule has 0 aliphatic heterocycles. The third kappa shape index (κ3) is 5.93. The van der Waals surface area contributed by atoms with Gasteiger partial charge in [0.2, 0.25) is 0 Å². The number of nitrogens with one attached hydrogen (secondary N) is 2. The van der Waals surface area contributed by atoms with Crippen LogP contribution in [0.3, 0.4) is 0 Å². The maximum Gasteiger partial charge on any atom is 0.269 e. The summed E-state index contributed by atoms with van der Waals surface area (Å²) < 4.78 is 10.7. The summed E-state index contributed by atoms with van der Waals surface area (Å²) in [7, 11) is 0. The van der Waals surface area contributed by atoms with Crippen molar-refractivity contribution in [3.63, 3.8) is 0 Å². The lowest BCUT2D eigenvalue weighted by Crippen LogP contribution is -2.41. The Hall–Kier alpha value is -2.86. The largest absolute Gasteiger partial charge is 0.491 e. The van der Waals surface area contributed by atoms with E-state index in [0.29, 0.717) is 36.7 Å². The number of aryl methyl sites for hydroxylation is 1. The second-order valence-electron chi connectivity index (χ2n) is 5.35. The lowest BCUT2D eigenvalue weighted by atomic mass is 10.1. The minimum absolute atomic E-state index is 0.368. The van der Waals surface area contributed by atoms with Gasteiger partial charge >= 0.3 is 0 Å². The van der Waals surface area contributed by atoms with E-state index < -0.39 is 5.91 Å². The molecule has 0 unspecified atom stereocenters. The van der Waals surface area contributed by atoms with E-state index in [0.717, 1.165) is 5.56 Å². The number of ether oxygens (including phenoxy) is 2. The topological polar surface area (TPSA) is 76.7 Å². The van der Waals surface area contributed by atoms with Crippen LogP contribution in [0.1, 0.15) is 33.2 Å². The monoisotopic (exact) mass is 342 g/mol. The molecule has 25 heavy (non-hydrogen) atoms. The molecule has 0 radical (unpaired) electrons. The Labute approximate surface area is 147 Å². The van der Waals surface area contributed by atoms with Crippen molar-refractivity contribution in [1.82, 2.24) is 10.9 Å². The van der Waals surface area contributed by atoms with E-state index >= 15 is 0 Å². The van der Waals surface area contributed by atoms with Crippen LogP contribution >= 0.6 is 0 Å². The minimum atomic E-state index is -0.401. The molecule has 0 saturated carbocycles. The third-order valence-electron chi connectivity index (χ3n) is 3.39. The predicted octanol–water partition coefficient (Wildman–Crippen LogP) is 2.49. The second-order valence-corrected chi connectivity index (χ2v) is 5.35. The van der Waals surface area contributed by atoms with Crippen molar-refractivity contribution in [1.29, 1.82) is 0 Å². The van der Waals surface area contributed by atoms with Crippen molar-refractivity contribution >= 4 is 11.8 Å². The SMILES string of the molecule is CCOCCOc1ccc(C(=O)NNC(=O)c2cccc(C)c2)cc1. The highest BCUT2D eigenvalue weighted by atomic mass is 16.5. The smallest absolute Gasteiger partial charge is 0.269 e. The Morgan fingerprint density at radius 3 is 2.24 bits per heavy atom. The van der Waals surface area contributed by atoms with Crippen LogP contribution in [0.2, 0.25) is 0 Å². The van der Waals surface area contributed by atoms with Gasteiger partial charge in [-0.1, -0.05) is 17.7 Å². The van der Waals surface area contributed by atoms with Crippen LogP contribution in [0.15, 0.2) is 48.5 Å². The molecule has 0 fully saturated rings. The molecule has 0 heterocycles. The quantitative estimate of drug-likeness (QED) is 0.599. The molecule has 0 atom stereocenters. The van der Waals surface area contributed by atoms with E-state index in [4.69, 9.17) is 9.47 Å². The van der Waals surface area contributed by atoms with Crippen LogP contribution < -0.4 is 15.6 Å². The van der Waals surface area contributed by atoms with Gasteiger partial charge in [0, 0.05) is 17.7 Å². The minimum Gasteiger partial charge on any atom is -0.491 e. The van der Waals surface area contributed by atoms with E-state index in [9.17, 15) is 9.59 Å². The Balaban J connectivity index is 1.83. The fraction of sp³-hybridized carbons (Fsp3) is 0.263. The summed E-state index contributed by atoms with van der Waals surface area (Å²) in [6, 6.07) is 13.8. The average molecular weight is 342 g/mol. The normalized spacial score (nSPS) is 10.2. The molecule has 2 aromatic rings. The molecule has 6 heteroatoms. The van der Waals surface area contributed by atoms with E-state index in [1.807, 2.05) is 19.9 Å². The first-order valence-electron chi connectivity index (χ1n) is 8.08. The summed E-state index contributed by atoms with van der Waals surface area (Å²) in [6.07, 6.45) is 0. The first-order chi connectivity index (χ1) is 12.1. The Kier molecular flexibility index (Phi) is 6.98. The molecule has 0 saturated heterocycles. The summed E-state index contributed by atoms with van der Waals surface area (Å²) >= 11 is 0. The van der Waals surface area contributed by atoms with Crippen LogP contribution in [-0.2, 0) is 4.74 Å². The molecular weight excluding hydrogens is 320 g/mol. The highest BCUT2D eigenvalue weighted by molar-refractivity contribution is 5.99. The molecule has 0 aliphatic carbocycles. The van der Waals surface area contributed by atoms with Gasteiger partial charge in [0.25, 0.3) is 11.8 Å². The molecule has 0 bridgehead atoms. The molecule has 2 aromatic carbocycles. The summed E-state index contributed by atoms with van der Waals surface area (Å²) in [5.74, 6) is -0.116. The lowest BCUT2D eigenvalue weighted by Gasteiger charge is -2.09. The molecule has 2 N–H and O–H groups in total. The fourth-order valence-electron chi connectivity index (χ4n) is 2.11. The predicted molar refractivity (Wildman–Crippen MR) is 94.5 cm³/mol. The highest BCUT2D eigenvalue weighted by Crippen LogP contribution is 2.12. The van der Waals surface area contributed by atoms with Gasteiger partial charge in [-0.05, 0) is 50.2 Å². The van der Waals surface area contributed by atoms with Crippen LogP contribution in [0.25, 0.3) is 0 Å². The van der Waals surface area contributed by atoms with Crippen LogP contribution in [0.4, 0.5) is 0 Å². The first kappa shape index (κ1) is 18.5. The van der Waals surface area contributed by atoms with Gasteiger partial charge in [0.1, 0.15) is 12.4 Å². The van der Waals surface area contributed by atoms with Crippen LogP contribution in [0.5, 0.6) is 5.75 Å². The Morgan fingerprint density at radius 1 is 0.920 bits per heavy atom. The van der Waals surface area contributed by atoms with Crippen LogP contribution in [0, 0.1) is 6.92 Å². The standard InChI is InChI=1S/C19H22N2O4/c1-3-24-11-12-25-17-9-7-15(8-10-17)18(22)20-21-19(23)16-6-4-5-14(2)13-16/h4-10,13H,3,11-12H2,1-2H3,(H,20,22)(H,21,23). The van der Waals surface area contributed by atoms with Crippen molar-refractivity contribution in [3.05, 3.63) is 65.2 Å². The second kappa shape index (κ2) is 9.44. The van der Waals surface area contributed by atoms with Crippen molar-refractivity contribution in [3.8, 4) is 5.75 Å². The zero-order valence-electron chi connectivity index (χ0n) is 14.4. The Bertz CT molecular complexity index is 714. The molecule has 132 valence electrons. The Morgan fingerprint density at radius 2 is 1.60 bits per heavy atom. The number of carbonyl (C=O) groups is 2. The third-order valence-corrected chi connectivity index (χ3v) is 3.39. The number of hydrogen-bond donors (Lipinski definition) is 2. The summed E-state index contributed by atoms with van der Waals surface area (Å²) in [5, 5.41) is 0. The molecule has 2 amide bonds. The van der Waals surface area contributed by atoms with Gasteiger partial charge < -0.3 is 9.47 Å². The van der Waals surface area contributed by atoms with Gasteiger partial charge in [0.15, 0.2) is 0 Å². The van der Waals surface area contributed by atoms with E-state index in [2.05, 4.69) is 10.9 Å². The van der Waals surface area contributed by atoms with Crippen molar-refractivity contribution in [2.75, 3.05) is 19.8 Å². The number of rotatable bonds is 7. The van der Waals surface area contributed by atoms with Crippen LogP contribution in [-0.4, -0.2) is 31.6 Å². The number of carbonyl (C=O) groups excluding carboxylic acids is 2. The van der Waals surface area contributed by atoms with Gasteiger partial charge in [-0.3, -0.25) is 20.4 Å². The zero-order chi connectivity index (χ0) is 18.1. The fourth-order valence-corrected chi connectivity index (χ4v) is 2.11. The summed E-state index contributed by atoms with van der Waals surface area (Å²) in [4.78, 5) is 24.1. The lowest BCUT2D eigenvalue weighted by molar-refractivity contribution is 0.0846. The first-order valence-corrected chi connectivity index (χ1v) is 8.08. The molecule has 0 aliphatic rings. The van der Waals surface area contributed by atoms with Crippen molar-refractivity contribution in [2.24, 2.45) is 0 Å². The number of benzene rings is 2. The highest BCUT2D eigenvalue weighted by Gasteiger charge is 2.09. The molecule has 0 spiro atoms. The molecule has 2 rings (SSSR count). The van der Waals surface area contributed by atoms with Crippen molar-refractivity contribution in [2.45, 2.75) is 13.8 Å². The zero-order valence-corrected chi connectivity index (χ0v) is 14.4. The maximum absolute atomic E-state index is 12.1. The summed E-state index contributed by atoms with van der Waals surface area (Å²) in [5.41, 5.74) is 6.67. The number of hydrazine groups is 1. The average Bonchev–Trinajstić information content (AvgIpc) is 2.63. The van der Waals surface area contributed by atoms with Gasteiger partial charge in [-0.15, -0.1) is 0 Å². The molecular formula is C19H22N2O4. The molecule has 6 nitrogen and oxygen atoms in total. The number of amides is 2. The van der Waals surface area contributed by atoms with E-state index in [1.165, 1.54) is 0 Å². The van der Waals surface area contributed by atoms with Crippen molar-refractivity contribution < 1.29 is 19.1 Å². The van der Waals surface area contributed by atoms with E-state index in [1.54, 1.807) is 42.5 Å².